The molecule has 2 rings (SSSR count). The molecule has 18 heavy (non-hydrogen) atoms. The summed E-state index contributed by atoms with van der Waals surface area (Å²) in [6.45, 7) is 0. The number of nitrogens with zero attached hydrogens (tertiary/aromatic N) is 1. The molecule has 0 radical (unpaired) electrons. The lowest BCUT2D eigenvalue weighted by Crippen LogP contribution is -2.08. The fourth-order valence-corrected chi connectivity index (χ4v) is 1.56. The van der Waals surface area contributed by atoms with E-state index in [1.165, 1.54) is 12.1 Å². The van der Waals surface area contributed by atoms with Gasteiger partial charge in [-0.25, -0.2) is 4.39 Å². The zero-order valence-electron chi connectivity index (χ0n) is 8.75. The number of carbonyl (C=O) groups is 1. The summed E-state index contributed by atoms with van der Waals surface area (Å²) in [6, 6.07) is 3.64. The minimum Gasteiger partial charge on any atom is -0.298 e. The number of carbonyl (C=O) groups excluding carboxylic acids is 1. The number of aromatic nitrogens is 2. The van der Waals surface area contributed by atoms with Crippen molar-refractivity contribution in [3.63, 3.8) is 0 Å². The van der Waals surface area contributed by atoms with Crippen LogP contribution in [0.2, 0.25) is 0 Å². The molecule has 0 unspecified atom stereocenters. The van der Waals surface area contributed by atoms with Gasteiger partial charge in [-0.15, -0.1) is 0 Å². The van der Waals surface area contributed by atoms with E-state index in [9.17, 15) is 22.4 Å². The quantitative estimate of drug-likeness (QED) is 0.664. The molecular weight excluding hydrogens is 252 g/mol. The number of H-pyrrole nitrogens is 1. The second kappa shape index (κ2) is 4.25. The highest BCUT2D eigenvalue weighted by molar-refractivity contribution is 5.80. The van der Waals surface area contributed by atoms with Crippen LogP contribution < -0.4 is 0 Å². The van der Waals surface area contributed by atoms with Crippen molar-refractivity contribution in [1.29, 1.82) is 0 Å². The number of rotatable bonds is 2. The van der Waals surface area contributed by atoms with Gasteiger partial charge >= 0.3 is 6.18 Å². The summed E-state index contributed by atoms with van der Waals surface area (Å²) in [5.74, 6) is -1.00. The Morgan fingerprint density at radius 1 is 1.22 bits per heavy atom. The molecular formula is C11H6F4N2O. The molecule has 1 aromatic carbocycles. The molecule has 0 saturated heterocycles. The first-order chi connectivity index (χ1) is 8.45. The van der Waals surface area contributed by atoms with Crippen molar-refractivity contribution >= 4 is 6.29 Å². The second-order valence-electron chi connectivity index (χ2n) is 3.48. The molecule has 0 aliphatic heterocycles. The zero-order chi connectivity index (χ0) is 13.3. The van der Waals surface area contributed by atoms with Crippen molar-refractivity contribution in [2.24, 2.45) is 0 Å². The number of alkyl halides is 3. The average Bonchev–Trinajstić information content (AvgIpc) is 2.78. The monoisotopic (exact) mass is 258 g/mol. The highest BCUT2D eigenvalue weighted by atomic mass is 19.4. The second-order valence-corrected chi connectivity index (χ2v) is 3.48. The van der Waals surface area contributed by atoms with E-state index in [1.54, 1.807) is 5.10 Å². The maximum absolute atomic E-state index is 13.8. The summed E-state index contributed by atoms with van der Waals surface area (Å²) < 4.78 is 51.6. The van der Waals surface area contributed by atoms with Crippen LogP contribution in [0.5, 0.6) is 0 Å². The normalized spacial score (nSPS) is 11.6. The van der Waals surface area contributed by atoms with Gasteiger partial charge < -0.3 is 0 Å². The Labute approximate surface area is 98.4 Å². The highest BCUT2D eigenvalue weighted by Gasteiger charge is 2.36. The lowest BCUT2D eigenvalue weighted by atomic mass is 10.0. The number of aromatic amines is 1. The first kappa shape index (κ1) is 12.3. The van der Waals surface area contributed by atoms with E-state index in [1.807, 2.05) is 0 Å². The van der Waals surface area contributed by atoms with Crippen LogP contribution in [0.15, 0.2) is 24.4 Å². The van der Waals surface area contributed by atoms with Gasteiger partial charge in [0.2, 0.25) is 0 Å². The largest absolute Gasteiger partial charge is 0.433 e. The Kier molecular flexibility index (Phi) is 2.90. The molecule has 0 amide bonds. The summed E-state index contributed by atoms with van der Waals surface area (Å²) in [7, 11) is 0. The number of aldehydes is 1. The first-order valence-electron chi connectivity index (χ1n) is 4.79. The molecule has 1 N–H and O–H groups in total. The molecule has 3 nitrogen and oxygen atoms in total. The Balaban J connectivity index is 2.64. The summed E-state index contributed by atoms with van der Waals surface area (Å²) in [6.07, 6.45) is -3.56. The summed E-state index contributed by atoms with van der Waals surface area (Å²) in [4.78, 5) is 10.5. The molecule has 94 valence electrons. The molecule has 7 heteroatoms. The van der Waals surface area contributed by atoms with Gasteiger partial charge in [0.05, 0.1) is 11.8 Å². The summed E-state index contributed by atoms with van der Waals surface area (Å²) in [5, 5.41) is 5.04. The van der Waals surface area contributed by atoms with Crippen molar-refractivity contribution in [3.8, 4) is 11.1 Å². The van der Waals surface area contributed by atoms with Gasteiger partial charge in [0.1, 0.15) is 11.5 Å². The summed E-state index contributed by atoms with van der Waals surface area (Å²) in [5.41, 5.74) is -2.20. The van der Waals surface area contributed by atoms with Crippen molar-refractivity contribution in [2.75, 3.05) is 0 Å². The van der Waals surface area contributed by atoms with Crippen molar-refractivity contribution in [2.45, 2.75) is 6.18 Å². The number of nitrogens with one attached hydrogen (secondary N) is 1. The van der Waals surface area contributed by atoms with Gasteiger partial charge in [-0.1, -0.05) is 12.1 Å². The third kappa shape index (κ3) is 1.99. The Hall–Kier alpha value is -2.18. The van der Waals surface area contributed by atoms with Gasteiger partial charge in [-0.2, -0.15) is 18.3 Å². The predicted octanol–water partition coefficient (Wildman–Crippen LogP) is 3.05. The molecule has 1 aromatic heterocycles. The van der Waals surface area contributed by atoms with Crippen molar-refractivity contribution in [1.82, 2.24) is 10.2 Å². The Morgan fingerprint density at radius 2 is 1.94 bits per heavy atom. The predicted molar refractivity (Wildman–Crippen MR) is 54.4 cm³/mol. The van der Waals surface area contributed by atoms with Gasteiger partial charge in [0, 0.05) is 11.1 Å². The molecule has 0 atom stereocenters. The SMILES string of the molecule is O=Cc1cccc(-c2cn[nH]c2C(F)(F)F)c1F. The maximum atomic E-state index is 13.8. The molecule has 0 aliphatic rings. The van der Waals surface area contributed by atoms with E-state index in [4.69, 9.17) is 0 Å². The van der Waals surface area contributed by atoms with E-state index < -0.39 is 23.3 Å². The fraction of sp³-hybridized carbons (Fsp3) is 0.0909. The van der Waals surface area contributed by atoms with Crippen LogP contribution in [0.4, 0.5) is 17.6 Å². The Bertz CT molecular complexity index is 589. The van der Waals surface area contributed by atoms with Crippen LogP contribution in [-0.4, -0.2) is 16.5 Å². The van der Waals surface area contributed by atoms with E-state index in [0.29, 0.717) is 0 Å². The molecule has 0 fully saturated rings. The Morgan fingerprint density at radius 3 is 2.56 bits per heavy atom. The van der Waals surface area contributed by atoms with E-state index >= 15 is 0 Å². The van der Waals surface area contributed by atoms with Crippen LogP contribution in [0.3, 0.4) is 0 Å². The lowest BCUT2D eigenvalue weighted by molar-refractivity contribution is -0.140. The zero-order valence-corrected chi connectivity index (χ0v) is 8.75. The third-order valence-corrected chi connectivity index (χ3v) is 2.37. The molecule has 0 aliphatic carbocycles. The molecule has 2 aromatic rings. The van der Waals surface area contributed by atoms with Gasteiger partial charge in [-0.3, -0.25) is 9.89 Å². The minimum atomic E-state index is -4.67. The van der Waals surface area contributed by atoms with Gasteiger partial charge in [-0.05, 0) is 6.07 Å². The standard InChI is InChI=1S/C11H6F4N2O/c12-9-6(5-18)2-1-3-7(9)8-4-16-17-10(8)11(13,14)15/h1-5H,(H,16,17). The van der Waals surface area contributed by atoms with Crippen LogP contribution in [0.1, 0.15) is 16.1 Å². The van der Waals surface area contributed by atoms with Crippen molar-refractivity contribution in [3.05, 3.63) is 41.5 Å². The smallest absolute Gasteiger partial charge is 0.298 e. The molecule has 0 saturated carbocycles. The van der Waals surface area contributed by atoms with Crippen molar-refractivity contribution < 1.29 is 22.4 Å². The van der Waals surface area contributed by atoms with Crippen LogP contribution >= 0.6 is 0 Å². The molecule has 0 bridgehead atoms. The number of hydrogen-bond donors (Lipinski definition) is 1. The van der Waals surface area contributed by atoms with E-state index in [2.05, 4.69) is 5.10 Å². The third-order valence-electron chi connectivity index (χ3n) is 2.37. The van der Waals surface area contributed by atoms with Crippen LogP contribution in [0.25, 0.3) is 11.1 Å². The molecule has 1 heterocycles. The van der Waals surface area contributed by atoms with E-state index in [-0.39, 0.29) is 17.4 Å². The van der Waals surface area contributed by atoms with Gasteiger partial charge in [0.15, 0.2) is 6.29 Å². The number of hydrogen-bond acceptors (Lipinski definition) is 2. The average molecular weight is 258 g/mol. The van der Waals surface area contributed by atoms with Gasteiger partial charge in [0.25, 0.3) is 0 Å². The number of benzene rings is 1. The topological polar surface area (TPSA) is 45.8 Å². The number of halogens is 4. The maximum Gasteiger partial charge on any atom is 0.433 e. The minimum absolute atomic E-state index is 0.242. The summed E-state index contributed by atoms with van der Waals surface area (Å²) >= 11 is 0. The first-order valence-corrected chi connectivity index (χ1v) is 4.79. The van der Waals surface area contributed by atoms with Crippen LogP contribution in [-0.2, 0) is 6.18 Å². The van der Waals surface area contributed by atoms with E-state index in [0.717, 1.165) is 12.3 Å². The highest BCUT2D eigenvalue weighted by Crippen LogP contribution is 2.36. The fourth-order valence-electron chi connectivity index (χ4n) is 1.56. The molecule has 0 spiro atoms. The lowest BCUT2D eigenvalue weighted by Gasteiger charge is -2.08. The van der Waals surface area contributed by atoms with Crippen LogP contribution in [0, 0.1) is 5.82 Å².